The standard InChI is InChI=1S/C39H48ClN5O6S/c1-25-19-32(42-44(25)5)36(46)43-52(48)29-13-16-35-33(21-29)45(23-39(24-50-35)17-7-9-26-20-28(40)12-15-31(26)39)22-27-11-14-30(27)34(49-6)10-8-18-51-38(2,3)37(47)41-4/h8,10,12-13,15-16,19-21,27,30,34H,4,7,9,11,14,17-18,22-24H2,1-3,5-6H3,(H,43,46)/b10-8+/t27-,30+,34-,39-,52?/m0/s1. The van der Waals surface area contributed by atoms with Crippen LogP contribution in [0.4, 0.5) is 5.69 Å². The molecule has 1 unspecified atom stereocenters. The molecule has 3 aromatic rings. The number of nitrogens with one attached hydrogen (secondary N) is 1. The van der Waals surface area contributed by atoms with Crippen molar-refractivity contribution in [3.8, 4) is 5.75 Å². The topological polar surface area (TPSA) is 124 Å². The van der Waals surface area contributed by atoms with Crippen molar-refractivity contribution in [1.82, 2.24) is 14.5 Å². The number of aryl methyl sites for hydroxylation is 3. The molecule has 13 heteroatoms. The number of ether oxygens (including phenoxy) is 3. The molecule has 11 nitrogen and oxygen atoms in total. The number of halogens is 1. The Morgan fingerprint density at radius 2 is 2.06 bits per heavy atom. The second-order valence-electron chi connectivity index (χ2n) is 14.6. The third-order valence-corrected chi connectivity index (χ3v) is 12.2. The maximum atomic E-state index is 13.6. The predicted molar refractivity (Wildman–Crippen MR) is 203 cm³/mol. The maximum Gasteiger partial charge on any atom is 0.283 e. The first-order valence-electron chi connectivity index (χ1n) is 17.7. The molecule has 2 heterocycles. The van der Waals surface area contributed by atoms with E-state index in [0.29, 0.717) is 29.7 Å². The van der Waals surface area contributed by atoms with Crippen molar-refractivity contribution in [2.45, 2.75) is 74.9 Å². The molecule has 1 N–H and O–H groups in total. The van der Waals surface area contributed by atoms with E-state index in [4.69, 9.17) is 25.8 Å². The Labute approximate surface area is 313 Å². The third kappa shape index (κ3) is 7.90. The van der Waals surface area contributed by atoms with Gasteiger partial charge in [0.2, 0.25) is 0 Å². The number of anilines is 1. The van der Waals surface area contributed by atoms with E-state index in [-0.39, 0.29) is 29.7 Å². The summed E-state index contributed by atoms with van der Waals surface area (Å²) in [6.07, 6.45) is 8.76. The molecular weight excluding hydrogens is 702 g/mol. The molecule has 2 aromatic carbocycles. The zero-order chi connectivity index (χ0) is 37.2. The number of aliphatic imine (C=N–C) groups is 1. The van der Waals surface area contributed by atoms with Crippen LogP contribution in [0.25, 0.3) is 0 Å². The Morgan fingerprint density at radius 1 is 1.25 bits per heavy atom. The highest BCUT2D eigenvalue weighted by molar-refractivity contribution is 7.83. The highest BCUT2D eigenvalue weighted by atomic mass is 35.5. The van der Waals surface area contributed by atoms with Crippen molar-refractivity contribution in [2.75, 3.05) is 38.3 Å². The van der Waals surface area contributed by atoms with Crippen molar-refractivity contribution in [2.24, 2.45) is 23.9 Å². The lowest BCUT2D eigenvalue weighted by molar-refractivity contribution is -0.137. The van der Waals surface area contributed by atoms with Gasteiger partial charge < -0.3 is 19.1 Å². The number of carbonyl (C=O) groups excluding carboxylic acids is 2. The average Bonchev–Trinajstić information content (AvgIpc) is 3.38. The zero-order valence-electron chi connectivity index (χ0n) is 30.5. The molecule has 2 amide bonds. The van der Waals surface area contributed by atoms with E-state index < -0.39 is 28.4 Å². The smallest absolute Gasteiger partial charge is 0.283 e. The van der Waals surface area contributed by atoms with Gasteiger partial charge in [-0.1, -0.05) is 29.8 Å². The third-order valence-electron chi connectivity index (χ3n) is 10.9. The summed E-state index contributed by atoms with van der Waals surface area (Å²) in [5, 5.41) is 4.97. The molecule has 52 heavy (non-hydrogen) atoms. The maximum absolute atomic E-state index is 13.6. The van der Waals surface area contributed by atoms with Gasteiger partial charge in [-0.2, -0.15) is 5.10 Å². The van der Waals surface area contributed by atoms with E-state index in [0.717, 1.165) is 55.1 Å². The van der Waals surface area contributed by atoms with Crippen LogP contribution in [0.2, 0.25) is 5.02 Å². The zero-order valence-corrected chi connectivity index (χ0v) is 32.1. The second-order valence-corrected chi connectivity index (χ2v) is 16.3. The highest BCUT2D eigenvalue weighted by Gasteiger charge is 2.44. The summed E-state index contributed by atoms with van der Waals surface area (Å²) >= 11 is 6.46. The number of aromatic nitrogens is 2. The summed E-state index contributed by atoms with van der Waals surface area (Å²) in [7, 11) is 1.65. The van der Waals surface area contributed by atoms with Crippen LogP contribution >= 0.6 is 11.6 Å². The molecule has 0 saturated heterocycles. The van der Waals surface area contributed by atoms with Gasteiger partial charge in [0.15, 0.2) is 16.7 Å². The quantitative estimate of drug-likeness (QED) is 0.179. The fraction of sp³-hybridized carbons (Fsp3) is 0.487. The fourth-order valence-corrected chi connectivity index (χ4v) is 8.70. The molecule has 3 aliphatic rings. The minimum absolute atomic E-state index is 0.141. The van der Waals surface area contributed by atoms with E-state index in [9.17, 15) is 13.8 Å². The highest BCUT2D eigenvalue weighted by Crippen LogP contribution is 2.47. The molecule has 2 aliphatic carbocycles. The van der Waals surface area contributed by atoms with Gasteiger partial charge in [0, 0.05) is 43.4 Å². The first-order chi connectivity index (χ1) is 24.8. The summed E-state index contributed by atoms with van der Waals surface area (Å²) in [6, 6.07) is 13.4. The number of benzene rings is 2. The summed E-state index contributed by atoms with van der Waals surface area (Å²) in [6.45, 7) is 10.7. The Kier molecular flexibility index (Phi) is 11.4. The van der Waals surface area contributed by atoms with Crippen LogP contribution < -0.4 is 14.4 Å². The largest absolute Gasteiger partial charge is 0.490 e. The predicted octanol–water partition coefficient (Wildman–Crippen LogP) is 5.93. The molecule has 1 aromatic heterocycles. The summed E-state index contributed by atoms with van der Waals surface area (Å²) < 4.78 is 36.3. The number of fused-ring (bicyclic) bond motifs is 3. The molecular formula is C39H48ClN5O6S. The van der Waals surface area contributed by atoms with Crippen LogP contribution in [0.3, 0.4) is 0 Å². The van der Waals surface area contributed by atoms with Gasteiger partial charge in [0.25, 0.3) is 11.8 Å². The van der Waals surface area contributed by atoms with Gasteiger partial charge in [-0.15, -0.1) is 0 Å². The summed E-state index contributed by atoms with van der Waals surface area (Å²) in [5.74, 6) is 0.355. The van der Waals surface area contributed by atoms with E-state index in [1.807, 2.05) is 37.3 Å². The lowest BCUT2D eigenvalue weighted by atomic mass is 9.68. The Bertz CT molecular complexity index is 1870. The van der Waals surface area contributed by atoms with Gasteiger partial charge in [-0.25, -0.2) is 9.20 Å². The first kappa shape index (κ1) is 37.9. The first-order valence-corrected chi connectivity index (χ1v) is 19.3. The Balaban J connectivity index is 1.26. The minimum atomic E-state index is -1.83. The molecule has 0 bridgehead atoms. The van der Waals surface area contributed by atoms with Gasteiger partial charge in [-0.3, -0.25) is 19.0 Å². The van der Waals surface area contributed by atoms with Crippen LogP contribution in [0.5, 0.6) is 5.75 Å². The SMILES string of the molecule is C=NC(=O)C(C)(C)OC/C=C/[C@H](OC)[C@@H]1CC[C@H]1CN1C[C@@]2(CCCc3cc(Cl)ccc32)COc2ccc(S(=O)NC(=O)c3cc(C)n(C)n3)cc21. The summed E-state index contributed by atoms with van der Waals surface area (Å²) in [4.78, 5) is 31.4. The number of hydrogen-bond donors (Lipinski definition) is 1. The number of amides is 2. The van der Waals surface area contributed by atoms with Crippen LogP contribution in [-0.2, 0) is 44.1 Å². The fourth-order valence-electron chi connectivity index (χ4n) is 7.71. The normalized spacial score (nSPS) is 22.5. The minimum Gasteiger partial charge on any atom is -0.490 e. The molecule has 278 valence electrons. The van der Waals surface area contributed by atoms with Crippen molar-refractivity contribution in [3.05, 3.63) is 82.2 Å². The molecule has 1 fully saturated rings. The molecule has 6 rings (SSSR count). The van der Waals surface area contributed by atoms with Crippen molar-refractivity contribution in [3.63, 3.8) is 0 Å². The van der Waals surface area contributed by atoms with Gasteiger partial charge in [0.05, 0.1) is 29.9 Å². The molecule has 1 saturated carbocycles. The van der Waals surface area contributed by atoms with E-state index in [1.165, 1.54) is 11.1 Å². The summed E-state index contributed by atoms with van der Waals surface area (Å²) in [5.41, 5.74) is 3.06. The number of nitrogens with zero attached hydrogens (tertiary/aromatic N) is 4. The lowest BCUT2D eigenvalue weighted by Gasteiger charge is -2.46. The average molecular weight is 750 g/mol. The Hall–Kier alpha value is -3.84. The number of carbonyl (C=O) groups is 2. The van der Waals surface area contributed by atoms with E-state index in [2.05, 4.69) is 38.6 Å². The number of hydrogen-bond acceptors (Lipinski definition) is 8. The van der Waals surface area contributed by atoms with Crippen LogP contribution in [-0.4, -0.2) is 77.6 Å². The number of methoxy groups -OCH3 is 1. The van der Waals surface area contributed by atoms with Gasteiger partial charge in [-0.05, 0) is 119 Å². The van der Waals surface area contributed by atoms with Crippen molar-refractivity contribution >= 4 is 46.8 Å². The van der Waals surface area contributed by atoms with E-state index >= 15 is 0 Å². The second kappa shape index (κ2) is 15.6. The van der Waals surface area contributed by atoms with Crippen LogP contribution in [0.15, 0.2) is 64.5 Å². The van der Waals surface area contributed by atoms with Crippen LogP contribution in [0, 0.1) is 18.8 Å². The lowest BCUT2D eigenvalue weighted by Crippen LogP contribution is -2.49. The van der Waals surface area contributed by atoms with Crippen molar-refractivity contribution in [1.29, 1.82) is 0 Å². The van der Waals surface area contributed by atoms with Gasteiger partial charge in [0.1, 0.15) is 11.4 Å². The molecule has 1 spiro atoms. The number of rotatable bonds is 12. The monoisotopic (exact) mass is 749 g/mol. The van der Waals surface area contributed by atoms with Crippen LogP contribution in [0.1, 0.15) is 66.8 Å². The van der Waals surface area contributed by atoms with Crippen molar-refractivity contribution < 1.29 is 28.0 Å². The molecule has 1 aliphatic heterocycles. The molecule has 5 atom stereocenters. The van der Waals surface area contributed by atoms with Gasteiger partial charge >= 0.3 is 0 Å². The molecule has 0 radical (unpaired) electrons. The van der Waals surface area contributed by atoms with E-state index in [1.54, 1.807) is 44.8 Å². The Morgan fingerprint density at radius 3 is 2.75 bits per heavy atom.